The van der Waals surface area contributed by atoms with E-state index in [1.54, 1.807) is 12.4 Å². The first kappa shape index (κ1) is 11.2. The highest BCUT2D eigenvalue weighted by Crippen LogP contribution is 2.30. The molecule has 0 saturated heterocycles. The molecule has 3 N–H and O–H groups in total. The van der Waals surface area contributed by atoms with Crippen LogP contribution in [0.3, 0.4) is 0 Å². The van der Waals surface area contributed by atoms with Gasteiger partial charge in [0, 0.05) is 9.13 Å². The molecular formula is C2H5N3O5P2+2. The van der Waals surface area contributed by atoms with E-state index in [-0.39, 0.29) is 0 Å². The average Bonchev–Trinajstić information content (AvgIpc) is 2.36. The van der Waals surface area contributed by atoms with Crippen molar-refractivity contribution in [3.63, 3.8) is 0 Å². The summed E-state index contributed by atoms with van der Waals surface area (Å²) < 4.78 is 22.2. The zero-order valence-electron chi connectivity index (χ0n) is 5.56. The third-order valence-corrected chi connectivity index (χ3v) is 1.59. The SMILES string of the molecule is O=[P+](O)O[P+](=O)O.c1cn[nH]n1. The Morgan fingerprint density at radius 3 is 1.67 bits per heavy atom. The molecule has 10 heteroatoms. The van der Waals surface area contributed by atoms with Crippen molar-refractivity contribution in [3.8, 4) is 0 Å². The summed E-state index contributed by atoms with van der Waals surface area (Å²) in [6, 6.07) is 0. The molecule has 2 unspecified atom stereocenters. The van der Waals surface area contributed by atoms with Gasteiger partial charge < -0.3 is 0 Å². The molecule has 1 rings (SSSR count). The van der Waals surface area contributed by atoms with Crippen molar-refractivity contribution in [3.05, 3.63) is 12.4 Å². The summed E-state index contributed by atoms with van der Waals surface area (Å²) in [5, 5.41) is 9.33. The lowest BCUT2D eigenvalue weighted by Gasteiger charge is -1.50. The normalized spacial score (nSPS) is 11.2. The molecule has 0 spiro atoms. The molecule has 8 nitrogen and oxygen atoms in total. The van der Waals surface area contributed by atoms with Crippen molar-refractivity contribution in [1.29, 1.82) is 0 Å². The largest absolute Gasteiger partial charge is 0.745 e. The van der Waals surface area contributed by atoms with Crippen LogP contribution in [0.2, 0.25) is 0 Å². The van der Waals surface area contributed by atoms with Gasteiger partial charge in [0.15, 0.2) is 4.31 Å². The maximum absolute atomic E-state index is 9.39. The van der Waals surface area contributed by atoms with E-state index in [2.05, 4.69) is 19.7 Å². The summed E-state index contributed by atoms with van der Waals surface area (Å²) in [7, 11) is -5.85. The minimum absolute atomic E-state index is 1.58. The van der Waals surface area contributed by atoms with E-state index in [0.29, 0.717) is 0 Å². The fourth-order valence-corrected chi connectivity index (χ4v) is 0.704. The Balaban J connectivity index is 0.000000211. The summed E-state index contributed by atoms with van der Waals surface area (Å²) in [6.45, 7) is 0. The molecule has 0 radical (unpaired) electrons. The van der Waals surface area contributed by atoms with E-state index in [9.17, 15) is 9.13 Å². The van der Waals surface area contributed by atoms with Gasteiger partial charge in [0.1, 0.15) is 0 Å². The minimum Gasteiger partial charge on any atom is -0.198 e. The number of nitrogens with zero attached hydrogens (tertiary/aromatic N) is 2. The summed E-state index contributed by atoms with van der Waals surface area (Å²) in [4.78, 5) is 15.3. The first-order valence-corrected chi connectivity index (χ1v) is 4.69. The minimum atomic E-state index is -2.92. The number of aromatic amines is 1. The van der Waals surface area contributed by atoms with Gasteiger partial charge in [-0.1, -0.05) is 0 Å². The molecule has 0 fully saturated rings. The van der Waals surface area contributed by atoms with Gasteiger partial charge in [-0.05, 0) is 0 Å². The lowest BCUT2D eigenvalue weighted by atomic mass is 11.0. The highest BCUT2D eigenvalue weighted by molar-refractivity contribution is 7.46. The average molecular weight is 213 g/mol. The molecule has 0 saturated carbocycles. The third kappa shape index (κ3) is 9.22. The van der Waals surface area contributed by atoms with Crippen LogP contribution < -0.4 is 0 Å². The second-order valence-corrected chi connectivity index (χ2v) is 2.82. The van der Waals surface area contributed by atoms with Gasteiger partial charge in [0.2, 0.25) is 0 Å². The van der Waals surface area contributed by atoms with Crippen LogP contribution in [0.4, 0.5) is 0 Å². The van der Waals surface area contributed by atoms with Gasteiger partial charge in [-0.2, -0.15) is 15.4 Å². The molecule has 0 aliphatic heterocycles. The zero-order chi connectivity index (χ0) is 9.40. The Bertz CT molecular complexity index is 208. The predicted octanol–water partition coefficient (Wildman–Crippen LogP) is 0.107. The van der Waals surface area contributed by atoms with Crippen molar-refractivity contribution < 1.29 is 23.2 Å². The maximum atomic E-state index is 9.39. The number of H-pyrrole nitrogens is 1. The van der Waals surface area contributed by atoms with Crippen LogP contribution in [0.15, 0.2) is 12.4 Å². The third-order valence-electron chi connectivity index (χ3n) is 0.471. The van der Waals surface area contributed by atoms with Crippen LogP contribution in [0.1, 0.15) is 0 Å². The number of nitrogens with one attached hydrogen (secondary N) is 1. The van der Waals surface area contributed by atoms with Gasteiger partial charge in [0.25, 0.3) is 0 Å². The smallest absolute Gasteiger partial charge is 0.198 e. The van der Waals surface area contributed by atoms with Crippen molar-refractivity contribution in [2.45, 2.75) is 0 Å². The first-order valence-electron chi connectivity index (χ1n) is 2.43. The van der Waals surface area contributed by atoms with Gasteiger partial charge >= 0.3 is 16.5 Å². The zero-order valence-corrected chi connectivity index (χ0v) is 7.35. The summed E-state index contributed by atoms with van der Waals surface area (Å²) in [5.74, 6) is 0. The van der Waals surface area contributed by atoms with Gasteiger partial charge in [-0.25, -0.2) is 0 Å². The molecule has 2 atom stereocenters. The molecule has 0 aliphatic carbocycles. The van der Waals surface area contributed by atoms with Crippen molar-refractivity contribution in [2.75, 3.05) is 0 Å². The van der Waals surface area contributed by atoms with Crippen LogP contribution in [-0.4, -0.2) is 25.2 Å². The number of rotatable bonds is 2. The molecule has 12 heavy (non-hydrogen) atoms. The Morgan fingerprint density at radius 1 is 1.17 bits per heavy atom. The van der Waals surface area contributed by atoms with Crippen LogP contribution in [-0.2, 0) is 13.4 Å². The lowest BCUT2D eigenvalue weighted by molar-refractivity contribution is 0.371. The molecule has 1 heterocycles. The molecule has 0 aliphatic rings. The predicted molar refractivity (Wildman–Crippen MR) is 37.1 cm³/mol. The Hall–Kier alpha value is -0.780. The summed E-state index contributed by atoms with van der Waals surface area (Å²) in [6.07, 6.45) is 3.17. The van der Waals surface area contributed by atoms with Crippen LogP contribution in [0.25, 0.3) is 0 Å². The fourth-order valence-electron chi connectivity index (χ4n) is 0.226. The van der Waals surface area contributed by atoms with Crippen LogP contribution in [0.5, 0.6) is 0 Å². The highest BCUT2D eigenvalue weighted by Gasteiger charge is 2.31. The van der Waals surface area contributed by atoms with E-state index in [0.717, 1.165) is 0 Å². The second-order valence-electron chi connectivity index (χ2n) is 1.21. The summed E-state index contributed by atoms with van der Waals surface area (Å²) in [5.41, 5.74) is 0. The van der Waals surface area contributed by atoms with E-state index in [1.165, 1.54) is 0 Å². The van der Waals surface area contributed by atoms with Crippen LogP contribution >= 0.6 is 16.5 Å². The van der Waals surface area contributed by atoms with E-state index >= 15 is 0 Å². The summed E-state index contributed by atoms with van der Waals surface area (Å²) >= 11 is 0. The monoisotopic (exact) mass is 213 g/mol. The van der Waals surface area contributed by atoms with Crippen molar-refractivity contribution in [2.24, 2.45) is 0 Å². The Kier molecular flexibility index (Phi) is 6.45. The van der Waals surface area contributed by atoms with Crippen LogP contribution in [0, 0.1) is 0 Å². The topological polar surface area (TPSA) is 125 Å². The molecule has 0 bridgehead atoms. The van der Waals surface area contributed by atoms with E-state index < -0.39 is 16.5 Å². The maximum Gasteiger partial charge on any atom is 0.745 e. The second kappa shape index (κ2) is 6.90. The van der Waals surface area contributed by atoms with Crippen molar-refractivity contribution >= 4 is 16.5 Å². The van der Waals surface area contributed by atoms with Gasteiger partial charge in [0.05, 0.1) is 12.4 Å². The molecule has 1 aromatic heterocycles. The fraction of sp³-hybridized carbons (Fsp3) is 0. The number of aromatic nitrogens is 3. The Labute approximate surface area is 68.5 Å². The number of hydrogen-bond acceptors (Lipinski definition) is 5. The van der Waals surface area contributed by atoms with E-state index in [1.807, 2.05) is 0 Å². The van der Waals surface area contributed by atoms with Crippen molar-refractivity contribution in [1.82, 2.24) is 15.4 Å². The molecular weight excluding hydrogens is 208 g/mol. The van der Waals surface area contributed by atoms with E-state index in [4.69, 9.17) is 9.79 Å². The molecule has 1 aromatic rings. The molecule has 66 valence electrons. The van der Waals surface area contributed by atoms with Gasteiger partial charge in [-0.15, -0.1) is 9.79 Å². The lowest BCUT2D eigenvalue weighted by Crippen LogP contribution is -1.61. The highest BCUT2D eigenvalue weighted by atomic mass is 31.2. The standard InChI is InChI=1S/C2H3N3.O5P2/c1-2-4-5-3-1;1-6(2)5-7(3)4/h1-2H,(H,3,4,5);/p+2. The quantitative estimate of drug-likeness (QED) is 0.595. The Morgan fingerprint density at radius 2 is 1.58 bits per heavy atom. The molecule has 0 amide bonds. The first-order chi connectivity index (χ1) is 5.63. The number of hydrogen-bond donors (Lipinski definition) is 3. The van der Waals surface area contributed by atoms with Gasteiger partial charge in [-0.3, -0.25) is 0 Å². The molecule has 0 aromatic carbocycles.